The van der Waals surface area contributed by atoms with Crippen LogP contribution in [0.4, 0.5) is 11.4 Å². The lowest BCUT2D eigenvalue weighted by Gasteiger charge is -2.15. The maximum absolute atomic E-state index is 12.3. The topological polar surface area (TPSA) is 175 Å². The van der Waals surface area contributed by atoms with Gasteiger partial charge >= 0.3 is 5.97 Å². The lowest BCUT2D eigenvalue weighted by Crippen LogP contribution is -2.43. The van der Waals surface area contributed by atoms with Crippen molar-refractivity contribution in [2.24, 2.45) is 0 Å². The van der Waals surface area contributed by atoms with Crippen molar-refractivity contribution in [2.45, 2.75) is 12.5 Å². The van der Waals surface area contributed by atoms with E-state index in [1.165, 1.54) is 24.3 Å². The number of rotatable bonds is 7. The first kappa shape index (κ1) is 20.0. The highest BCUT2D eigenvalue weighted by atomic mass is 16.6. The van der Waals surface area contributed by atoms with Crippen LogP contribution in [0.2, 0.25) is 0 Å². The number of hydrogen-bond acceptors (Lipinski definition) is 7. The maximum atomic E-state index is 12.3. The van der Waals surface area contributed by atoms with Crippen LogP contribution in [0.15, 0.2) is 42.6 Å². The highest BCUT2D eigenvalue weighted by molar-refractivity contribution is 6.00. The predicted octanol–water partition coefficient (Wildman–Crippen LogP) is 1.34. The molecule has 0 radical (unpaired) electrons. The van der Waals surface area contributed by atoms with Gasteiger partial charge in [-0.2, -0.15) is 5.26 Å². The van der Waals surface area contributed by atoms with Crippen LogP contribution in [0.25, 0.3) is 0 Å². The number of carbonyl (C=O) groups is 3. The van der Waals surface area contributed by atoms with Gasteiger partial charge in [-0.15, -0.1) is 0 Å². The number of amides is 2. The number of aromatic carboxylic acids is 1. The second-order valence-corrected chi connectivity index (χ2v) is 5.42. The van der Waals surface area contributed by atoms with E-state index >= 15 is 0 Å². The van der Waals surface area contributed by atoms with Gasteiger partial charge in [0.25, 0.3) is 11.6 Å². The summed E-state index contributed by atoms with van der Waals surface area (Å²) in [6.07, 6.45) is 0.566. The Balaban J connectivity index is 2.07. The Morgan fingerprint density at radius 3 is 2.39 bits per heavy atom. The van der Waals surface area contributed by atoms with E-state index in [9.17, 15) is 24.5 Å². The molecule has 142 valence electrons. The summed E-state index contributed by atoms with van der Waals surface area (Å²) in [4.78, 5) is 48.9. The van der Waals surface area contributed by atoms with Gasteiger partial charge in [0.1, 0.15) is 17.9 Å². The van der Waals surface area contributed by atoms with Gasteiger partial charge in [0.2, 0.25) is 5.91 Å². The second-order valence-electron chi connectivity index (χ2n) is 5.42. The number of pyridine rings is 1. The Hall–Kier alpha value is -4.33. The molecule has 28 heavy (non-hydrogen) atoms. The van der Waals surface area contributed by atoms with Crippen LogP contribution in [0.5, 0.6) is 0 Å². The van der Waals surface area contributed by atoms with Crippen molar-refractivity contribution in [3.63, 3.8) is 0 Å². The minimum Gasteiger partial charge on any atom is -0.478 e. The molecule has 0 unspecified atom stereocenters. The number of carbonyl (C=O) groups excluding carboxylic acids is 2. The highest BCUT2D eigenvalue weighted by Crippen LogP contribution is 2.12. The number of nitriles is 1. The third-order valence-electron chi connectivity index (χ3n) is 3.51. The van der Waals surface area contributed by atoms with E-state index in [2.05, 4.69) is 15.6 Å². The average Bonchev–Trinajstić information content (AvgIpc) is 2.68. The van der Waals surface area contributed by atoms with Crippen LogP contribution in [0.1, 0.15) is 27.3 Å². The number of nitrogens with zero attached hydrogens (tertiary/aromatic N) is 3. The van der Waals surface area contributed by atoms with Crippen LogP contribution in [0.3, 0.4) is 0 Å². The zero-order valence-electron chi connectivity index (χ0n) is 14.2. The quantitative estimate of drug-likeness (QED) is 0.474. The maximum Gasteiger partial charge on any atom is 0.335 e. The number of carboxylic acid groups (broad SMARTS) is 1. The molecule has 0 aliphatic carbocycles. The second kappa shape index (κ2) is 8.86. The number of carboxylic acids is 1. The molecule has 0 aliphatic rings. The highest BCUT2D eigenvalue weighted by Gasteiger charge is 2.22. The molecule has 11 nitrogen and oxygen atoms in total. The SMILES string of the molecule is N#CC[C@H](NC(=O)c1ccc([N+](=O)[O-])cn1)C(=O)Nc1ccc(C(=O)O)cc1. The number of hydrogen-bond donors (Lipinski definition) is 3. The molecular weight excluding hydrogens is 370 g/mol. The third-order valence-corrected chi connectivity index (χ3v) is 3.51. The molecule has 1 aromatic carbocycles. The van der Waals surface area contributed by atoms with E-state index in [0.29, 0.717) is 0 Å². The van der Waals surface area contributed by atoms with Crippen LogP contribution in [-0.2, 0) is 4.79 Å². The number of nitrogens with one attached hydrogen (secondary N) is 2. The zero-order valence-corrected chi connectivity index (χ0v) is 14.2. The fourth-order valence-corrected chi connectivity index (χ4v) is 2.09. The number of benzene rings is 1. The summed E-state index contributed by atoms with van der Waals surface area (Å²) in [6.45, 7) is 0. The molecule has 0 aliphatic heterocycles. The van der Waals surface area contributed by atoms with Crippen LogP contribution in [-0.4, -0.2) is 38.8 Å². The normalized spacial score (nSPS) is 11.0. The Labute approximate surface area is 157 Å². The van der Waals surface area contributed by atoms with Crippen molar-refractivity contribution in [1.29, 1.82) is 5.26 Å². The van der Waals surface area contributed by atoms with Gasteiger partial charge in [-0.1, -0.05) is 0 Å². The van der Waals surface area contributed by atoms with Crippen molar-refractivity contribution in [1.82, 2.24) is 10.3 Å². The van der Waals surface area contributed by atoms with Gasteiger partial charge < -0.3 is 15.7 Å². The molecule has 1 atom stereocenters. The monoisotopic (exact) mass is 383 g/mol. The molecule has 2 aromatic rings. The molecule has 0 bridgehead atoms. The fourth-order valence-electron chi connectivity index (χ4n) is 2.09. The average molecular weight is 383 g/mol. The Bertz CT molecular complexity index is 949. The van der Waals surface area contributed by atoms with E-state index in [1.807, 2.05) is 0 Å². The number of nitro groups is 1. The molecule has 1 aromatic heterocycles. The van der Waals surface area contributed by atoms with Crippen molar-refractivity contribution < 1.29 is 24.4 Å². The standard InChI is InChI=1S/C17H13N5O6/c18-8-7-14(16(24)20-11-3-1-10(2-4-11)17(25)26)21-15(23)13-6-5-12(9-19-13)22(27)28/h1-6,9,14H,7H2,(H,20,24)(H,21,23)(H,25,26)/t14-/m0/s1. The van der Waals surface area contributed by atoms with Gasteiger partial charge in [0.15, 0.2) is 0 Å². The predicted molar refractivity (Wildman–Crippen MR) is 94.4 cm³/mol. The lowest BCUT2D eigenvalue weighted by molar-refractivity contribution is -0.385. The van der Waals surface area contributed by atoms with E-state index in [0.717, 1.165) is 18.3 Å². The van der Waals surface area contributed by atoms with E-state index in [1.54, 1.807) is 6.07 Å². The molecule has 11 heteroatoms. The van der Waals surface area contributed by atoms with Crippen molar-refractivity contribution in [3.05, 3.63) is 64.0 Å². The van der Waals surface area contributed by atoms with Gasteiger partial charge in [0, 0.05) is 11.8 Å². The summed E-state index contributed by atoms with van der Waals surface area (Å²) in [5.41, 5.74) is -0.149. The molecule has 0 fully saturated rings. The minimum atomic E-state index is -1.21. The summed E-state index contributed by atoms with van der Waals surface area (Å²) in [5.74, 6) is -2.60. The molecular formula is C17H13N5O6. The Morgan fingerprint density at radius 2 is 1.89 bits per heavy atom. The first-order valence-corrected chi connectivity index (χ1v) is 7.74. The molecule has 3 N–H and O–H groups in total. The van der Waals surface area contributed by atoms with Crippen molar-refractivity contribution in [3.8, 4) is 6.07 Å². The van der Waals surface area contributed by atoms with E-state index in [4.69, 9.17) is 10.4 Å². The summed E-state index contributed by atoms with van der Waals surface area (Å²) < 4.78 is 0. The zero-order chi connectivity index (χ0) is 20.7. The van der Waals surface area contributed by atoms with Crippen LogP contribution >= 0.6 is 0 Å². The van der Waals surface area contributed by atoms with Gasteiger partial charge in [-0.3, -0.25) is 19.7 Å². The van der Waals surface area contributed by atoms with Gasteiger partial charge in [-0.25, -0.2) is 9.78 Å². The lowest BCUT2D eigenvalue weighted by atomic mass is 10.1. The smallest absolute Gasteiger partial charge is 0.335 e. The van der Waals surface area contributed by atoms with Crippen molar-refractivity contribution >= 4 is 29.2 Å². The molecule has 0 saturated heterocycles. The summed E-state index contributed by atoms with van der Waals surface area (Å²) in [6, 6.07) is 8.08. The molecule has 0 spiro atoms. The fraction of sp³-hybridized carbons (Fsp3) is 0.118. The van der Waals surface area contributed by atoms with Gasteiger partial charge in [0.05, 0.1) is 23.0 Å². The van der Waals surface area contributed by atoms with Gasteiger partial charge in [-0.05, 0) is 30.3 Å². The van der Waals surface area contributed by atoms with E-state index < -0.39 is 28.7 Å². The summed E-state index contributed by atoms with van der Waals surface area (Å²) in [5, 5.41) is 33.2. The first-order chi connectivity index (χ1) is 13.3. The summed E-state index contributed by atoms with van der Waals surface area (Å²) in [7, 11) is 0. The molecule has 1 heterocycles. The Kier molecular flexibility index (Phi) is 6.32. The first-order valence-electron chi connectivity index (χ1n) is 7.74. The van der Waals surface area contributed by atoms with Crippen LogP contribution < -0.4 is 10.6 Å². The summed E-state index contributed by atoms with van der Waals surface area (Å²) >= 11 is 0. The molecule has 2 amide bonds. The number of aromatic nitrogens is 1. The molecule has 0 saturated carbocycles. The minimum absolute atomic E-state index is 0.0316. The Morgan fingerprint density at radius 1 is 1.21 bits per heavy atom. The molecule has 2 rings (SSSR count). The number of anilines is 1. The largest absolute Gasteiger partial charge is 0.478 e. The van der Waals surface area contributed by atoms with Crippen LogP contribution in [0, 0.1) is 21.4 Å². The third kappa shape index (κ3) is 5.09. The van der Waals surface area contributed by atoms with E-state index in [-0.39, 0.29) is 29.1 Å². The van der Waals surface area contributed by atoms with Crippen molar-refractivity contribution in [2.75, 3.05) is 5.32 Å².